The minimum atomic E-state index is -0.327. The summed E-state index contributed by atoms with van der Waals surface area (Å²) in [5.74, 6) is 0.0587. The molecule has 0 spiro atoms. The monoisotopic (exact) mass is 458 g/mol. The number of amides is 2. The molecule has 4 rings (SSSR count). The Hall–Kier alpha value is -2.71. The van der Waals surface area contributed by atoms with Crippen LogP contribution < -0.4 is 10.9 Å². The van der Waals surface area contributed by atoms with Gasteiger partial charge in [0, 0.05) is 23.8 Å². The van der Waals surface area contributed by atoms with E-state index in [9.17, 15) is 14.4 Å². The summed E-state index contributed by atoms with van der Waals surface area (Å²) >= 11 is 7.14. The third-order valence-corrected chi connectivity index (χ3v) is 6.96. The van der Waals surface area contributed by atoms with Crippen molar-refractivity contribution in [3.63, 3.8) is 0 Å². The van der Waals surface area contributed by atoms with Crippen LogP contribution in [0.5, 0.6) is 0 Å². The number of likely N-dealkylation sites (tertiary alicyclic amines) is 1. The Morgan fingerprint density at radius 3 is 2.90 bits per heavy atom. The molecule has 0 bridgehead atoms. The molecular formula is C22H23ClN4O3S. The molecule has 3 aromatic rings. The van der Waals surface area contributed by atoms with Crippen LogP contribution in [0.25, 0.3) is 10.2 Å². The van der Waals surface area contributed by atoms with Crippen molar-refractivity contribution in [1.29, 1.82) is 0 Å². The van der Waals surface area contributed by atoms with Crippen molar-refractivity contribution in [1.82, 2.24) is 14.5 Å². The minimum absolute atomic E-state index is 0.0478. The highest BCUT2D eigenvalue weighted by atomic mass is 35.5. The first kappa shape index (κ1) is 21.5. The maximum absolute atomic E-state index is 13.1. The zero-order valence-electron chi connectivity index (χ0n) is 17.4. The van der Waals surface area contributed by atoms with Gasteiger partial charge >= 0.3 is 0 Å². The second-order valence-electron chi connectivity index (χ2n) is 7.97. The molecule has 9 heteroatoms. The lowest BCUT2D eigenvalue weighted by atomic mass is 10.0. The molecule has 7 nitrogen and oxygen atoms in total. The lowest BCUT2D eigenvalue weighted by Crippen LogP contribution is -2.42. The fourth-order valence-electron chi connectivity index (χ4n) is 3.90. The SMILES string of the molecule is Cc1c(C(=O)Nc2cccc(Cl)c2)sc2ncn(CC(=O)N3CCC[C@H](C)C3)c(=O)c12. The average molecular weight is 459 g/mol. The van der Waals surface area contributed by atoms with Gasteiger partial charge in [0.05, 0.1) is 16.6 Å². The molecule has 0 unspecified atom stereocenters. The van der Waals surface area contributed by atoms with Crippen LogP contribution in [0.1, 0.15) is 35.0 Å². The van der Waals surface area contributed by atoms with Gasteiger partial charge in [-0.2, -0.15) is 0 Å². The molecular weight excluding hydrogens is 436 g/mol. The van der Waals surface area contributed by atoms with Crippen molar-refractivity contribution >= 4 is 50.7 Å². The van der Waals surface area contributed by atoms with E-state index >= 15 is 0 Å². The number of nitrogens with one attached hydrogen (secondary N) is 1. The van der Waals surface area contributed by atoms with E-state index in [1.54, 1.807) is 31.2 Å². The normalized spacial score (nSPS) is 16.5. The van der Waals surface area contributed by atoms with Gasteiger partial charge < -0.3 is 10.2 Å². The molecule has 1 aliphatic heterocycles. The zero-order valence-corrected chi connectivity index (χ0v) is 18.9. The molecule has 0 aliphatic carbocycles. The summed E-state index contributed by atoms with van der Waals surface area (Å²) in [6.07, 6.45) is 3.49. The second-order valence-corrected chi connectivity index (χ2v) is 9.40. The number of nitrogens with zero attached hydrogens (tertiary/aromatic N) is 3. The van der Waals surface area contributed by atoms with Gasteiger partial charge in [-0.3, -0.25) is 19.0 Å². The number of aryl methyl sites for hydroxylation is 1. The molecule has 1 atom stereocenters. The molecule has 0 radical (unpaired) electrons. The summed E-state index contributed by atoms with van der Waals surface area (Å²) < 4.78 is 1.34. The number of carbonyl (C=O) groups is 2. The first-order chi connectivity index (χ1) is 14.8. The average Bonchev–Trinajstić information content (AvgIpc) is 3.07. The predicted molar refractivity (Wildman–Crippen MR) is 123 cm³/mol. The second kappa shape index (κ2) is 8.80. The highest BCUT2D eigenvalue weighted by Crippen LogP contribution is 2.28. The van der Waals surface area contributed by atoms with Crippen LogP contribution in [0, 0.1) is 12.8 Å². The number of hydrogen-bond donors (Lipinski definition) is 1. The lowest BCUT2D eigenvalue weighted by molar-refractivity contribution is -0.133. The molecule has 162 valence electrons. The summed E-state index contributed by atoms with van der Waals surface area (Å²) in [7, 11) is 0. The maximum atomic E-state index is 13.1. The van der Waals surface area contributed by atoms with Crippen LogP contribution in [0.4, 0.5) is 5.69 Å². The summed E-state index contributed by atoms with van der Waals surface area (Å²) in [4.78, 5) is 45.6. The Kier molecular flexibility index (Phi) is 6.11. The van der Waals surface area contributed by atoms with Crippen molar-refractivity contribution in [3.8, 4) is 0 Å². The number of aromatic nitrogens is 2. The summed E-state index contributed by atoms with van der Waals surface area (Å²) in [5.41, 5.74) is 0.825. The molecule has 1 N–H and O–H groups in total. The van der Waals surface area contributed by atoms with Crippen molar-refractivity contribution in [2.45, 2.75) is 33.2 Å². The predicted octanol–water partition coefficient (Wildman–Crippen LogP) is 3.93. The molecule has 2 aromatic heterocycles. The minimum Gasteiger partial charge on any atom is -0.341 e. The largest absolute Gasteiger partial charge is 0.341 e. The number of anilines is 1. The third-order valence-electron chi connectivity index (χ3n) is 5.52. The third kappa shape index (κ3) is 4.50. The van der Waals surface area contributed by atoms with Crippen LogP contribution >= 0.6 is 22.9 Å². The molecule has 2 amide bonds. The number of carbonyl (C=O) groups excluding carboxylic acids is 2. The smallest absolute Gasteiger partial charge is 0.266 e. The van der Waals surface area contributed by atoms with Crippen LogP contribution in [0.3, 0.4) is 0 Å². The zero-order chi connectivity index (χ0) is 22.1. The van der Waals surface area contributed by atoms with Crippen LogP contribution in [-0.2, 0) is 11.3 Å². The van der Waals surface area contributed by atoms with Crippen molar-refractivity contribution in [2.75, 3.05) is 18.4 Å². The van der Waals surface area contributed by atoms with Crippen molar-refractivity contribution in [3.05, 3.63) is 56.4 Å². The van der Waals surface area contributed by atoms with Gasteiger partial charge in [0.15, 0.2) is 0 Å². The summed E-state index contributed by atoms with van der Waals surface area (Å²) in [5, 5.41) is 3.70. The Balaban J connectivity index is 1.59. The first-order valence-corrected chi connectivity index (χ1v) is 11.4. The molecule has 1 aromatic carbocycles. The topological polar surface area (TPSA) is 84.3 Å². The number of halogens is 1. The van der Waals surface area contributed by atoms with E-state index in [0.29, 0.717) is 43.8 Å². The fraction of sp³-hybridized carbons (Fsp3) is 0.364. The van der Waals surface area contributed by atoms with Gasteiger partial charge in [0.25, 0.3) is 11.5 Å². The van der Waals surface area contributed by atoms with E-state index in [2.05, 4.69) is 17.2 Å². The number of thiophene rings is 1. The number of hydrogen-bond acceptors (Lipinski definition) is 5. The Bertz CT molecular complexity index is 1220. The van der Waals surface area contributed by atoms with Gasteiger partial charge in [-0.05, 0) is 49.4 Å². The molecule has 1 aliphatic rings. The molecule has 3 heterocycles. The van der Waals surface area contributed by atoms with Crippen LogP contribution in [0.2, 0.25) is 5.02 Å². The highest BCUT2D eigenvalue weighted by molar-refractivity contribution is 7.20. The Labute approximate surface area is 188 Å². The molecule has 31 heavy (non-hydrogen) atoms. The van der Waals surface area contributed by atoms with Gasteiger partial charge in [-0.1, -0.05) is 24.6 Å². The Morgan fingerprint density at radius 2 is 2.16 bits per heavy atom. The van der Waals surface area contributed by atoms with E-state index in [-0.39, 0.29) is 23.9 Å². The van der Waals surface area contributed by atoms with E-state index in [1.807, 2.05) is 4.90 Å². The van der Waals surface area contributed by atoms with E-state index in [4.69, 9.17) is 11.6 Å². The van der Waals surface area contributed by atoms with Gasteiger partial charge in [-0.15, -0.1) is 11.3 Å². The van der Waals surface area contributed by atoms with Gasteiger partial charge in [0.2, 0.25) is 5.91 Å². The number of piperidine rings is 1. The molecule has 1 fully saturated rings. The van der Waals surface area contributed by atoms with Crippen LogP contribution in [0.15, 0.2) is 35.4 Å². The first-order valence-electron chi connectivity index (χ1n) is 10.2. The number of fused-ring (bicyclic) bond motifs is 1. The highest BCUT2D eigenvalue weighted by Gasteiger charge is 2.23. The van der Waals surface area contributed by atoms with Gasteiger partial charge in [-0.25, -0.2) is 4.98 Å². The van der Waals surface area contributed by atoms with Gasteiger partial charge in [0.1, 0.15) is 11.4 Å². The van der Waals surface area contributed by atoms with Crippen LogP contribution in [-0.4, -0.2) is 39.4 Å². The molecule has 1 saturated heterocycles. The number of rotatable bonds is 4. The fourth-order valence-corrected chi connectivity index (χ4v) is 5.13. The number of benzene rings is 1. The quantitative estimate of drug-likeness (QED) is 0.642. The summed E-state index contributed by atoms with van der Waals surface area (Å²) in [6.45, 7) is 5.25. The summed E-state index contributed by atoms with van der Waals surface area (Å²) in [6, 6.07) is 6.86. The standard InChI is InChI=1S/C22H23ClN4O3S/c1-13-5-4-8-26(10-13)17(28)11-27-12-24-21-18(22(27)30)14(2)19(31-21)20(29)25-16-7-3-6-15(23)9-16/h3,6-7,9,12-13H,4-5,8,10-11H2,1-2H3,(H,25,29)/t13-/m0/s1. The van der Waals surface area contributed by atoms with Crippen molar-refractivity contribution in [2.24, 2.45) is 5.92 Å². The van der Waals surface area contributed by atoms with Crippen molar-refractivity contribution < 1.29 is 9.59 Å². The molecule has 0 saturated carbocycles. The maximum Gasteiger partial charge on any atom is 0.266 e. The lowest BCUT2D eigenvalue weighted by Gasteiger charge is -2.31. The van der Waals surface area contributed by atoms with E-state index in [1.165, 1.54) is 10.9 Å². The Morgan fingerprint density at radius 1 is 1.35 bits per heavy atom. The van der Waals surface area contributed by atoms with E-state index in [0.717, 1.165) is 30.7 Å². The van der Waals surface area contributed by atoms with E-state index < -0.39 is 0 Å².